The number of hydrogen-bond acceptors (Lipinski definition) is 5. The van der Waals surface area contributed by atoms with Gasteiger partial charge in [-0.05, 0) is 89.9 Å². The predicted octanol–water partition coefficient (Wildman–Crippen LogP) is 25.2. The van der Waals surface area contributed by atoms with E-state index >= 15 is 0 Å². The van der Waals surface area contributed by atoms with E-state index in [4.69, 9.17) is 9.05 Å². The Bertz CT molecular complexity index is 1790. The number of nitrogens with one attached hydrogen (secondary N) is 1. The zero-order valence-electron chi connectivity index (χ0n) is 60.1. The van der Waals surface area contributed by atoms with Gasteiger partial charge in [-0.1, -0.05) is 361 Å². The highest BCUT2D eigenvalue weighted by atomic mass is 31.2. The molecule has 0 aliphatic heterocycles. The van der Waals surface area contributed by atoms with Gasteiger partial charge < -0.3 is 19.8 Å². The van der Waals surface area contributed by atoms with Gasteiger partial charge in [0, 0.05) is 6.42 Å². The summed E-state index contributed by atoms with van der Waals surface area (Å²) in [6.45, 7) is 4.71. The standard InChI is InChI=1S/C81H149N2O6P/c1-6-8-10-12-14-16-18-20-22-24-26-28-30-32-34-35-36-37-38-39-40-41-42-43-44-45-46-47-49-51-53-55-57-59-61-63-65-67-69-71-73-75-81(85)82-79(78-89-90(86,87)88-77-76-83(3,4)5)80(84)74-72-70-68-66-64-62-60-58-56-54-52-50-48-33-31-29-27-25-23-21-19-17-15-13-11-9-7-2/h8,10,14,16,20,22,26,28,32,34,56,58,64,66,72,74,79-80,84H,6-7,9,11-13,15,17-19,21,23-25,27,29-31,33,35-55,57,59-63,65,67-71,73,75-78H2,1-5H3,(H-,82,85,86,87)/p+1/b10-8-,16-14-,22-20-,28-26-,34-32-,58-56+,66-64+,74-72+. The molecule has 0 rings (SSSR count). The zero-order valence-corrected chi connectivity index (χ0v) is 61.0. The van der Waals surface area contributed by atoms with Crippen LogP contribution in [0, 0.1) is 0 Å². The highest BCUT2D eigenvalue weighted by Gasteiger charge is 2.28. The Morgan fingerprint density at radius 1 is 0.389 bits per heavy atom. The van der Waals surface area contributed by atoms with Crippen LogP contribution in [0.4, 0.5) is 0 Å². The molecular weight excluding hydrogens is 1130 g/mol. The van der Waals surface area contributed by atoms with Crippen molar-refractivity contribution >= 4 is 13.7 Å². The molecule has 3 atom stereocenters. The molecule has 3 N–H and O–H groups in total. The van der Waals surface area contributed by atoms with Crippen molar-refractivity contribution in [2.75, 3.05) is 40.9 Å². The number of nitrogens with zero attached hydrogens (tertiary/aromatic N) is 1. The Labute approximate surface area is 559 Å². The fourth-order valence-corrected chi connectivity index (χ4v) is 12.1. The first-order chi connectivity index (χ1) is 44.0. The number of rotatable bonds is 71. The fourth-order valence-electron chi connectivity index (χ4n) is 11.3. The number of aliphatic hydroxyl groups excluding tert-OH is 1. The molecule has 0 heterocycles. The quantitative estimate of drug-likeness (QED) is 0.0243. The molecule has 1 amide bonds. The monoisotopic (exact) mass is 1280 g/mol. The molecule has 0 aromatic carbocycles. The van der Waals surface area contributed by atoms with Crippen LogP contribution in [0.25, 0.3) is 0 Å². The van der Waals surface area contributed by atoms with Crippen LogP contribution < -0.4 is 5.32 Å². The number of phosphoric acid groups is 1. The molecule has 0 aromatic heterocycles. The summed E-state index contributed by atoms with van der Waals surface area (Å²) in [6, 6.07) is -0.874. The van der Waals surface area contributed by atoms with Crippen molar-refractivity contribution in [2.24, 2.45) is 0 Å². The first kappa shape index (κ1) is 87.4. The van der Waals surface area contributed by atoms with E-state index < -0.39 is 20.0 Å². The van der Waals surface area contributed by atoms with Crippen LogP contribution in [-0.4, -0.2) is 73.4 Å². The van der Waals surface area contributed by atoms with Crippen molar-refractivity contribution in [3.05, 3.63) is 97.2 Å². The minimum Gasteiger partial charge on any atom is -0.387 e. The van der Waals surface area contributed by atoms with Gasteiger partial charge in [-0.15, -0.1) is 0 Å². The minimum absolute atomic E-state index is 0.0527. The molecule has 524 valence electrons. The minimum atomic E-state index is -4.37. The lowest BCUT2D eigenvalue weighted by Gasteiger charge is -2.25. The van der Waals surface area contributed by atoms with Crippen molar-refractivity contribution in [3.63, 3.8) is 0 Å². The van der Waals surface area contributed by atoms with E-state index in [9.17, 15) is 19.4 Å². The normalized spacial score (nSPS) is 14.1. The van der Waals surface area contributed by atoms with Crippen molar-refractivity contribution in [1.29, 1.82) is 0 Å². The molecule has 0 saturated heterocycles. The molecule has 0 radical (unpaired) electrons. The van der Waals surface area contributed by atoms with E-state index in [1.54, 1.807) is 6.08 Å². The smallest absolute Gasteiger partial charge is 0.387 e. The third-order valence-electron chi connectivity index (χ3n) is 17.3. The molecule has 0 aliphatic carbocycles. The summed E-state index contributed by atoms with van der Waals surface area (Å²) >= 11 is 0. The lowest BCUT2D eigenvalue weighted by atomic mass is 10.0. The summed E-state index contributed by atoms with van der Waals surface area (Å²) in [5, 5.41) is 14.0. The lowest BCUT2D eigenvalue weighted by Crippen LogP contribution is -2.45. The summed E-state index contributed by atoms with van der Waals surface area (Å²) in [5.41, 5.74) is 0. The number of unbranched alkanes of at least 4 members (excludes halogenated alkanes) is 44. The van der Waals surface area contributed by atoms with Crippen molar-refractivity contribution in [2.45, 2.75) is 373 Å². The molecule has 0 aromatic rings. The molecule has 0 fully saturated rings. The van der Waals surface area contributed by atoms with Crippen molar-refractivity contribution in [3.8, 4) is 0 Å². The third kappa shape index (κ3) is 72.8. The van der Waals surface area contributed by atoms with E-state index in [1.807, 2.05) is 27.2 Å². The number of carbonyl (C=O) groups excluding carboxylic acids is 1. The van der Waals surface area contributed by atoms with Gasteiger partial charge in [0.1, 0.15) is 13.2 Å². The summed E-state index contributed by atoms with van der Waals surface area (Å²) < 4.78 is 23.8. The number of quaternary nitrogens is 1. The van der Waals surface area contributed by atoms with Crippen LogP contribution in [-0.2, 0) is 18.4 Å². The first-order valence-corrected chi connectivity index (χ1v) is 40.1. The predicted molar refractivity (Wildman–Crippen MR) is 396 cm³/mol. The maximum absolute atomic E-state index is 13.1. The first-order valence-electron chi connectivity index (χ1n) is 38.6. The molecule has 0 spiro atoms. The van der Waals surface area contributed by atoms with Crippen LogP contribution in [0.3, 0.4) is 0 Å². The molecule has 3 unspecified atom stereocenters. The second-order valence-corrected chi connectivity index (χ2v) is 28.8. The molecule has 0 bridgehead atoms. The van der Waals surface area contributed by atoms with Gasteiger partial charge in [-0.2, -0.15) is 0 Å². The number of carbonyl (C=O) groups is 1. The largest absolute Gasteiger partial charge is 0.472 e. The Kier molecular flexibility index (Phi) is 68.7. The Balaban J connectivity index is 3.99. The second kappa shape index (κ2) is 70.7. The number of phosphoric ester groups is 1. The number of likely N-dealkylation sites (N-methyl/N-ethyl adjacent to an activating group) is 1. The van der Waals surface area contributed by atoms with Crippen LogP contribution in [0.15, 0.2) is 97.2 Å². The Hall–Kier alpha value is -2.58. The molecule has 9 heteroatoms. The fraction of sp³-hybridized carbons (Fsp3) is 0.790. The molecule has 0 aliphatic rings. The van der Waals surface area contributed by atoms with Gasteiger partial charge in [0.05, 0.1) is 39.9 Å². The maximum Gasteiger partial charge on any atom is 0.472 e. The summed E-state index contributed by atoms with van der Waals surface area (Å²) in [7, 11) is 1.55. The van der Waals surface area contributed by atoms with Gasteiger partial charge in [-0.25, -0.2) is 4.57 Å². The topological polar surface area (TPSA) is 105 Å². The van der Waals surface area contributed by atoms with Crippen molar-refractivity contribution in [1.82, 2.24) is 5.32 Å². The molecule has 90 heavy (non-hydrogen) atoms. The average Bonchev–Trinajstić information content (AvgIpc) is 3.09. The highest BCUT2D eigenvalue weighted by molar-refractivity contribution is 7.47. The van der Waals surface area contributed by atoms with Gasteiger partial charge in [0.2, 0.25) is 5.91 Å². The van der Waals surface area contributed by atoms with Crippen LogP contribution in [0.5, 0.6) is 0 Å². The van der Waals surface area contributed by atoms with Crippen LogP contribution >= 0.6 is 7.82 Å². The number of allylic oxidation sites excluding steroid dienone is 15. The van der Waals surface area contributed by atoms with Crippen LogP contribution in [0.2, 0.25) is 0 Å². The van der Waals surface area contributed by atoms with E-state index in [-0.39, 0.29) is 19.1 Å². The average molecular weight is 1280 g/mol. The Morgan fingerprint density at radius 2 is 0.678 bits per heavy atom. The maximum atomic E-state index is 13.1. The van der Waals surface area contributed by atoms with E-state index in [0.717, 1.165) is 77.0 Å². The number of aliphatic hydroxyl groups is 1. The second-order valence-electron chi connectivity index (χ2n) is 27.3. The van der Waals surface area contributed by atoms with E-state index in [0.29, 0.717) is 17.4 Å². The Morgan fingerprint density at radius 3 is 1.02 bits per heavy atom. The number of hydrogen-bond donors (Lipinski definition) is 3. The lowest BCUT2D eigenvalue weighted by molar-refractivity contribution is -0.870. The third-order valence-corrected chi connectivity index (χ3v) is 18.2. The molecular formula is C81H150N2O6P+. The SMILES string of the molecule is CC/C=C\C/C=C\C/C=C\C/C=C\C/C=C\CCCCCCCCCCCCCCCCCCCCCCCCCCCC(=O)NC(COP(=O)(O)OCC[N+](C)(C)C)C(O)/C=C/CC/C=C/CC/C=C/CCCCCCCCCCCCCCCCCCC. The number of amides is 1. The van der Waals surface area contributed by atoms with Gasteiger partial charge in [0.25, 0.3) is 0 Å². The van der Waals surface area contributed by atoms with Gasteiger partial charge in [0.15, 0.2) is 0 Å². The van der Waals surface area contributed by atoms with Gasteiger partial charge >= 0.3 is 7.82 Å². The summed E-state index contributed by atoms with van der Waals surface area (Å²) in [4.78, 5) is 23.5. The van der Waals surface area contributed by atoms with E-state index in [2.05, 4.69) is 104 Å². The highest BCUT2D eigenvalue weighted by Crippen LogP contribution is 2.43. The van der Waals surface area contributed by atoms with Crippen LogP contribution in [0.1, 0.15) is 361 Å². The summed E-state index contributed by atoms with van der Waals surface area (Å²) in [5.74, 6) is -0.186. The van der Waals surface area contributed by atoms with Crippen molar-refractivity contribution < 1.29 is 32.9 Å². The van der Waals surface area contributed by atoms with Gasteiger partial charge in [-0.3, -0.25) is 13.8 Å². The zero-order chi connectivity index (χ0) is 65.5. The molecule has 8 nitrogen and oxygen atoms in total. The molecule has 0 saturated carbocycles. The summed E-state index contributed by atoms with van der Waals surface area (Å²) in [6.07, 6.45) is 103. The van der Waals surface area contributed by atoms with E-state index in [1.165, 1.54) is 263 Å².